The molecule has 0 aromatic carbocycles. The van der Waals surface area contributed by atoms with Crippen LogP contribution in [-0.2, 0) is 11.3 Å². The third kappa shape index (κ3) is 2.91. The molecule has 6 nitrogen and oxygen atoms in total. The lowest BCUT2D eigenvalue weighted by atomic mass is 10.2. The lowest BCUT2D eigenvalue weighted by Crippen LogP contribution is -2.48. The van der Waals surface area contributed by atoms with Crippen LogP contribution in [-0.4, -0.2) is 52.3 Å². The predicted octanol–water partition coefficient (Wildman–Crippen LogP) is -0.445. The maximum atomic E-state index is 9.13. The van der Waals surface area contributed by atoms with Crippen LogP contribution in [0.2, 0.25) is 0 Å². The molecule has 0 spiro atoms. The lowest BCUT2D eigenvalue weighted by molar-refractivity contribution is -0.0423. The molecule has 1 aliphatic heterocycles. The Morgan fingerprint density at radius 2 is 2.18 bits per heavy atom. The molecule has 2 N–H and O–H groups in total. The van der Waals surface area contributed by atoms with E-state index in [9.17, 15) is 0 Å². The van der Waals surface area contributed by atoms with Crippen LogP contribution in [0, 0.1) is 0 Å². The van der Waals surface area contributed by atoms with E-state index in [2.05, 4.69) is 10.2 Å². The van der Waals surface area contributed by atoms with Crippen molar-refractivity contribution in [2.45, 2.75) is 25.7 Å². The number of ether oxygens (including phenoxy) is 1. The van der Waals surface area contributed by atoms with Gasteiger partial charge >= 0.3 is 0 Å². The SMILES string of the molecule is CC1CN(c2ccc(CO)nn2)CC(CO)O1. The summed E-state index contributed by atoms with van der Waals surface area (Å²) in [6.45, 7) is 3.19. The van der Waals surface area contributed by atoms with E-state index in [-0.39, 0.29) is 25.4 Å². The highest BCUT2D eigenvalue weighted by Gasteiger charge is 2.25. The van der Waals surface area contributed by atoms with Crippen molar-refractivity contribution in [1.82, 2.24) is 10.2 Å². The van der Waals surface area contributed by atoms with Crippen molar-refractivity contribution < 1.29 is 14.9 Å². The smallest absolute Gasteiger partial charge is 0.151 e. The standard InChI is InChI=1S/C11H17N3O3/c1-8-4-14(5-10(7-16)17-8)11-3-2-9(6-15)12-13-11/h2-3,8,10,15-16H,4-7H2,1H3. The molecular formula is C11H17N3O3. The molecule has 0 bridgehead atoms. The van der Waals surface area contributed by atoms with Crippen molar-refractivity contribution in [2.75, 3.05) is 24.6 Å². The van der Waals surface area contributed by atoms with Crippen LogP contribution < -0.4 is 4.90 Å². The molecule has 6 heteroatoms. The number of morpholine rings is 1. The zero-order valence-electron chi connectivity index (χ0n) is 9.78. The predicted molar refractivity (Wildman–Crippen MR) is 61.6 cm³/mol. The second-order valence-electron chi connectivity index (χ2n) is 4.20. The van der Waals surface area contributed by atoms with E-state index in [1.165, 1.54) is 0 Å². The fourth-order valence-electron chi connectivity index (χ4n) is 1.94. The Morgan fingerprint density at radius 1 is 1.35 bits per heavy atom. The number of aliphatic hydroxyl groups excluding tert-OH is 2. The molecule has 0 radical (unpaired) electrons. The van der Waals surface area contributed by atoms with E-state index in [0.717, 1.165) is 12.4 Å². The Bertz CT molecular complexity index is 357. The third-order valence-electron chi connectivity index (χ3n) is 2.72. The van der Waals surface area contributed by atoms with Gasteiger partial charge in [-0.15, -0.1) is 5.10 Å². The molecule has 0 aliphatic carbocycles. The van der Waals surface area contributed by atoms with E-state index in [0.29, 0.717) is 12.2 Å². The average Bonchev–Trinajstić information content (AvgIpc) is 2.38. The van der Waals surface area contributed by atoms with Crippen LogP contribution in [0.5, 0.6) is 0 Å². The van der Waals surface area contributed by atoms with E-state index >= 15 is 0 Å². The van der Waals surface area contributed by atoms with Crippen LogP contribution in [0.4, 0.5) is 5.82 Å². The topological polar surface area (TPSA) is 78.7 Å². The van der Waals surface area contributed by atoms with Crippen LogP contribution >= 0.6 is 0 Å². The summed E-state index contributed by atoms with van der Waals surface area (Å²) in [5.41, 5.74) is 0.550. The summed E-state index contributed by atoms with van der Waals surface area (Å²) in [6, 6.07) is 3.57. The van der Waals surface area contributed by atoms with Gasteiger partial charge < -0.3 is 19.8 Å². The highest BCUT2D eigenvalue weighted by atomic mass is 16.5. The number of rotatable bonds is 3. The monoisotopic (exact) mass is 239 g/mol. The number of nitrogens with zero attached hydrogens (tertiary/aromatic N) is 3. The van der Waals surface area contributed by atoms with Crippen LogP contribution in [0.3, 0.4) is 0 Å². The maximum absolute atomic E-state index is 9.13. The highest BCUT2D eigenvalue weighted by Crippen LogP contribution is 2.17. The minimum absolute atomic E-state index is 0.00297. The fourth-order valence-corrected chi connectivity index (χ4v) is 1.94. The molecule has 1 aliphatic rings. The van der Waals surface area contributed by atoms with Gasteiger partial charge in [-0.05, 0) is 19.1 Å². The van der Waals surface area contributed by atoms with Crippen molar-refractivity contribution in [1.29, 1.82) is 0 Å². The van der Waals surface area contributed by atoms with Crippen molar-refractivity contribution in [2.24, 2.45) is 0 Å². The van der Waals surface area contributed by atoms with Crippen LogP contribution in [0.1, 0.15) is 12.6 Å². The first kappa shape index (κ1) is 12.2. The molecule has 17 heavy (non-hydrogen) atoms. The van der Waals surface area contributed by atoms with Crippen LogP contribution in [0.15, 0.2) is 12.1 Å². The number of aromatic nitrogens is 2. The fraction of sp³-hybridized carbons (Fsp3) is 0.636. The number of hydrogen-bond donors (Lipinski definition) is 2. The molecule has 2 heterocycles. The van der Waals surface area contributed by atoms with Crippen molar-refractivity contribution in [3.05, 3.63) is 17.8 Å². The first-order valence-electron chi connectivity index (χ1n) is 5.67. The second-order valence-corrected chi connectivity index (χ2v) is 4.20. The van der Waals surface area contributed by atoms with Gasteiger partial charge in [0.2, 0.25) is 0 Å². The molecule has 0 saturated carbocycles. The van der Waals surface area contributed by atoms with Gasteiger partial charge in [0.1, 0.15) is 0 Å². The molecule has 2 rings (SSSR count). The van der Waals surface area contributed by atoms with Gasteiger partial charge in [0.15, 0.2) is 5.82 Å². The molecule has 1 saturated heterocycles. The first-order chi connectivity index (χ1) is 8.22. The normalized spacial score (nSPS) is 25.0. The van der Waals surface area contributed by atoms with Gasteiger partial charge in [-0.3, -0.25) is 0 Å². The molecule has 1 aromatic heterocycles. The number of hydrogen-bond acceptors (Lipinski definition) is 6. The molecule has 0 amide bonds. The minimum atomic E-state index is -0.182. The third-order valence-corrected chi connectivity index (χ3v) is 2.72. The molecule has 1 aromatic rings. The summed E-state index contributed by atoms with van der Waals surface area (Å²) < 4.78 is 5.55. The van der Waals surface area contributed by atoms with E-state index in [1.807, 2.05) is 17.9 Å². The average molecular weight is 239 g/mol. The molecule has 1 fully saturated rings. The summed E-state index contributed by atoms with van der Waals surface area (Å²) in [5.74, 6) is 0.746. The van der Waals surface area contributed by atoms with Crippen LogP contribution in [0.25, 0.3) is 0 Å². The van der Waals surface area contributed by atoms with Gasteiger partial charge in [0.25, 0.3) is 0 Å². The quantitative estimate of drug-likeness (QED) is 0.744. The van der Waals surface area contributed by atoms with E-state index < -0.39 is 0 Å². The van der Waals surface area contributed by atoms with Gasteiger partial charge in [-0.2, -0.15) is 5.10 Å². The molecule has 94 valence electrons. The summed E-state index contributed by atoms with van der Waals surface area (Å²) in [5, 5.41) is 26.0. The van der Waals surface area contributed by atoms with E-state index in [4.69, 9.17) is 14.9 Å². The van der Waals surface area contributed by atoms with Crippen molar-refractivity contribution in [3.63, 3.8) is 0 Å². The largest absolute Gasteiger partial charge is 0.394 e. The van der Waals surface area contributed by atoms with Gasteiger partial charge in [-0.1, -0.05) is 0 Å². The summed E-state index contributed by atoms with van der Waals surface area (Å²) in [6.07, 6.45) is -0.127. The maximum Gasteiger partial charge on any atom is 0.151 e. The zero-order valence-corrected chi connectivity index (χ0v) is 9.78. The Balaban J connectivity index is 2.09. The highest BCUT2D eigenvalue weighted by molar-refractivity contribution is 5.38. The Labute approximate surface area is 99.8 Å². The first-order valence-corrected chi connectivity index (χ1v) is 5.67. The summed E-state index contributed by atoms with van der Waals surface area (Å²) in [4.78, 5) is 2.03. The van der Waals surface area contributed by atoms with Gasteiger partial charge in [0, 0.05) is 13.1 Å². The molecular weight excluding hydrogens is 222 g/mol. The number of aliphatic hydroxyl groups is 2. The summed E-state index contributed by atoms with van der Waals surface area (Å²) in [7, 11) is 0. The van der Waals surface area contributed by atoms with Gasteiger partial charge in [-0.25, -0.2) is 0 Å². The molecule has 2 atom stereocenters. The Hall–Kier alpha value is -1.24. The lowest BCUT2D eigenvalue weighted by Gasteiger charge is -2.36. The second kappa shape index (κ2) is 5.39. The summed E-state index contributed by atoms with van der Waals surface area (Å²) >= 11 is 0. The Morgan fingerprint density at radius 3 is 2.76 bits per heavy atom. The Kier molecular flexibility index (Phi) is 3.88. The number of anilines is 1. The van der Waals surface area contributed by atoms with E-state index in [1.54, 1.807) is 6.07 Å². The zero-order chi connectivity index (χ0) is 12.3. The minimum Gasteiger partial charge on any atom is -0.394 e. The van der Waals surface area contributed by atoms with Gasteiger partial charge in [0.05, 0.1) is 31.1 Å². The molecule has 2 unspecified atom stereocenters. The van der Waals surface area contributed by atoms with Crippen molar-refractivity contribution >= 4 is 5.82 Å². The van der Waals surface area contributed by atoms with Crippen molar-refractivity contribution in [3.8, 4) is 0 Å².